The lowest BCUT2D eigenvalue weighted by Crippen LogP contribution is -2.13. The van der Waals surface area contributed by atoms with Crippen LogP contribution < -0.4 is 4.72 Å². The largest absolute Gasteiger partial charge is 0.306 e. The van der Waals surface area contributed by atoms with Crippen LogP contribution in [-0.2, 0) is 22.9 Å². The molecule has 23 heavy (non-hydrogen) atoms. The molecule has 1 N–H and O–H groups in total. The van der Waals surface area contributed by atoms with Gasteiger partial charge in [-0.2, -0.15) is 4.39 Å². The number of halogens is 1. The smallest absolute Gasteiger partial charge is 0.279 e. The van der Waals surface area contributed by atoms with Gasteiger partial charge in [0.2, 0.25) is 5.82 Å². The van der Waals surface area contributed by atoms with Crippen molar-refractivity contribution in [2.24, 2.45) is 0 Å². The van der Waals surface area contributed by atoms with Gasteiger partial charge in [-0.1, -0.05) is 6.07 Å². The molecule has 0 saturated heterocycles. The molecule has 2 aromatic carbocycles. The molecule has 8 heteroatoms. The summed E-state index contributed by atoms with van der Waals surface area (Å²) in [6.07, 6.45) is 2.77. The van der Waals surface area contributed by atoms with Crippen molar-refractivity contribution in [2.75, 3.05) is 4.72 Å². The van der Waals surface area contributed by atoms with Crippen LogP contribution in [0.2, 0.25) is 0 Å². The van der Waals surface area contributed by atoms with Crippen molar-refractivity contribution in [3.05, 3.63) is 63.5 Å². The second-order valence-corrected chi connectivity index (χ2v) is 7.00. The van der Waals surface area contributed by atoms with E-state index in [0.29, 0.717) is 0 Å². The van der Waals surface area contributed by atoms with E-state index in [0.717, 1.165) is 48.6 Å². The topological polar surface area (TPSA) is 89.3 Å². The first kappa shape index (κ1) is 15.4. The quantitative estimate of drug-likeness (QED) is 0.686. The highest BCUT2D eigenvalue weighted by Gasteiger charge is 2.21. The monoisotopic (exact) mass is 336 g/mol. The second-order valence-electron chi connectivity index (χ2n) is 5.31. The second kappa shape index (κ2) is 5.62. The summed E-state index contributed by atoms with van der Waals surface area (Å²) in [7, 11) is -3.89. The first-order chi connectivity index (χ1) is 10.9. The van der Waals surface area contributed by atoms with Gasteiger partial charge in [0.05, 0.1) is 15.5 Å². The normalized spacial score (nSPS) is 13.6. The fourth-order valence-corrected chi connectivity index (χ4v) is 3.75. The summed E-state index contributed by atoms with van der Waals surface area (Å²) in [6, 6.07) is 7.77. The van der Waals surface area contributed by atoms with Gasteiger partial charge >= 0.3 is 5.69 Å². The van der Waals surface area contributed by atoms with E-state index in [2.05, 4.69) is 4.72 Å². The summed E-state index contributed by atoms with van der Waals surface area (Å²) in [5.41, 5.74) is 1.30. The summed E-state index contributed by atoms with van der Waals surface area (Å²) < 4.78 is 40.3. The van der Waals surface area contributed by atoms with Gasteiger partial charge in [0, 0.05) is 6.07 Å². The summed E-state index contributed by atoms with van der Waals surface area (Å²) in [4.78, 5) is 9.91. The number of nitro groups is 1. The average molecular weight is 336 g/mol. The number of nitrogens with one attached hydrogen (secondary N) is 1. The highest BCUT2D eigenvalue weighted by atomic mass is 32.2. The molecule has 3 rings (SSSR count). The predicted octanol–water partition coefficient (Wildman–Crippen LogP) is 3.02. The van der Waals surface area contributed by atoms with Crippen LogP contribution in [0.5, 0.6) is 0 Å². The Morgan fingerprint density at radius 1 is 1.09 bits per heavy atom. The molecule has 0 unspecified atom stereocenters. The maximum Gasteiger partial charge on any atom is 0.306 e. The SMILES string of the molecule is O=[N+]([O-])c1cc(NS(=O)(=O)c2ccc3c(c2)CCC3)ccc1F. The molecule has 0 amide bonds. The van der Waals surface area contributed by atoms with Gasteiger partial charge < -0.3 is 0 Å². The van der Waals surface area contributed by atoms with E-state index in [1.54, 1.807) is 12.1 Å². The Balaban J connectivity index is 1.92. The number of hydrogen-bond donors (Lipinski definition) is 1. The van der Waals surface area contributed by atoms with Gasteiger partial charge in [0.1, 0.15) is 0 Å². The fourth-order valence-electron chi connectivity index (χ4n) is 2.65. The Morgan fingerprint density at radius 2 is 1.83 bits per heavy atom. The number of rotatable bonds is 4. The molecule has 120 valence electrons. The van der Waals surface area contributed by atoms with Crippen LogP contribution in [0.4, 0.5) is 15.8 Å². The molecule has 1 aliphatic rings. The molecule has 2 aromatic rings. The minimum atomic E-state index is -3.89. The molecule has 1 aliphatic carbocycles. The van der Waals surface area contributed by atoms with E-state index in [1.165, 1.54) is 6.07 Å². The molecule has 0 aliphatic heterocycles. The molecule has 0 radical (unpaired) electrons. The van der Waals surface area contributed by atoms with Gasteiger partial charge in [0.15, 0.2) is 0 Å². The van der Waals surface area contributed by atoms with Crippen molar-refractivity contribution < 1.29 is 17.7 Å². The number of anilines is 1. The zero-order valence-electron chi connectivity index (χ0n) is 12.0. The number of aryl methyl sites for hydroxylation is 2. The number of sulfonamides is 1. The molecule has 0 bridgehead atoms. The van der Waals surface area contributed by atoms with E-state index in [1.807, 2.05) is 0 Å². The maximum absolute atomic E-state index is 13.3. The Morgan fingerprint density at radius 3 is 2.57 bits per heavy atom. The zero-order chi connectivity index (χ0) is 16.6. The number of fused-ring (bicyclic) bond motifs is 1. The van der Waals surface area contributed by atoms with Crippen LogP contribution in [0.3, 0.4) is 0 Å². The molecule has 0 saturated carbocycles. The Kier molecular flexibility index (Phi) is 3.77. The Hall–Kier alpha value is -2.48. The molecule has 0 atom stereocenters. The van der Waals surface area contributed by atoms with Crippen molar-refractivity contribution in [3.63, 3.8) is 0 Å². The summed E-state index contributed by atoms with van der Waals surface area (Å²) in [5, 5.41) is 10.7. The van der Waals surface area contributed by atoms with Crippen molar-refractivity contribution >= 4 is 21.4 Å². The van der Waals surface area contributed by atoms with E-state index in [-0.39, 0.29) is 10.6 Å². The number of nitrogens with zero attached hydrogens (tertiary/aromatic N) is 1. The van der Waals surface area contributed by atoms with Crippen LogP contribution in [0.1, 0.15) is 17.5 Å². The minimum absolute atomic E-state index is 0.0569. The summed E-state index contributed by atoms with van der Waals surface area (Å²) >= 11 is 0. The van der Waals surface area contributed by atoms with Crippen LogP contribution in [0.25, 0.3) is 0 Å². The third-order valence-electron chi connectivity index (χ3n) is 3.78. The van der Waals surface area contributed by atoms with E-state index in [9.17, 15) is 22.9 Å². The van der Waals surface area contributed by atoms with Crippen LogP contribution >= 0.6 is 0 Å². The van der Waals surface area contributed by atoms with Crippen molar-refractivity contribution in [1.29, 1.82) is 0 Å². The highest BCUT2D eigenvalue weighted by molar-refractivity contribution is 7.92. The first-order valence-corrected chi connectivity index (χ1v) is 8.44. The first-order valence-electron chi connectivity index (χ1n) is 6.95. The van der Waals surface area contributed by atoms with Crippen LogP contribution in [0, 0.1) is 15.9 Å². The molecule has 0 heterocycles. The number of nitro benzene ring substituents is 1. The van der Waals surface area contributed by atoms with E-state index in [4.69, 9.17) is 0 Å². The average Bonchev–Trinajstić information content (AvgIpc) is 2.96. The molecule has 6 nitrogen and oxygen atoms in total. The van der Waals surface area contributed by atoms with Crippen molar-refractivity contribution in [1.82, 2.24) is 0 Å². The van der Waals surface area contributed by atoms with Gasteiger partial charge in [-0.3, -0.25) is 14.8 Å². The number of hydrogen-bond acceptors (Lipinski definition) is 4. The third kappa shape index (κ3) is 3.02. The Bertz CT molecular complexity index is 896. The standard InChI is InChI=1S/C15H13FN2O4S/c16-14-7-5-12(9-15(14)18(19)20)17-23(21,22)13-6-4-10-2-1-3-11(10)8-13/h4-9,17H,1-3H2. The number of benzene rings is 2. The molecule has 0 aromatic heterocycles. The molecular weight excluding hydrogens is 323 g/mol. The minimum Gasteiger partial charge on any atom is -0.279 e. The van der Waals surface area contributed by atoms with Gasteiger partial charge in [-0.05, 0) is 54.7 Å². The molecule has 0 fully saturated rings. The lowest BCUT2D eigenvalue weighted by atomic mass is 10.1. The van der Waals surface area contributed by atoms with E-state index < -0.39 is 26.5 Å². The van der Waals surface area contributed by atoms with Gasteiger partial charge in [-0.25, -0.2) is 8.42 Å². The lowest BCUT2D eigenvalue weighted by Gasteiger charge is -2.09. The van der Waals surface area contributed by atoms with Crippen LogP contribution in [-0.4, -0.2) is 13.3 Å². The van der Waals surface area contributed by atoms with Crippen molar-refractivity contribution in [2.45, 2.75) is 24.2 Å². The zero-order valence-corrected chi connectivity index (χ0v) is 12.8. The highest BCUT2D eigenvalue weighted by Crippen LogP contribution is 2.27. The molecule has 0 spiro atoms. The fraction of sp³-hybridized carbons (Fsp3) is 0.200. The summed E-state index contributed by atoms with van der Waals surface area (Å²) in [6.45, 7) is 0. The Labute approximate surface area is 132 Å². The predicted molar refractivity (Wildman–Crippen MR) is 82.3 cm³/mol. The van der Waals surface area contributed by atoms with Crippen LogP contribution in [0.15, 0.2) is 41.3 Å². The lowest BCUT2D eigenvalue weighted by molar-refractivity contribution is -0.387. The van der Waals surface area contributed by atoms with Crippen molar-refractivity contribution in [3.8, 4) is 0 Å². The third-order valence-corrected chi connectivity index (χ3v) is 5.15. The van der Waals surface area contributed by atoms with Gasteiger partial charge in [0.25, 0.3) is 10.0 Å². The summed E-state index contributed by atoms with van der Waals surface area (Å²) in [5.74, 6) is -1.02. The maximum atomic E-state index is 13.3. The van der Waals surface area contributed by atoms with E-state index >= 15 is 0 Å². The van der Waals surface area contributed by atoms with Gasteiger partial charge in [-0.15, -0.1) is 0 Å². The molecular formula is C15H13FN2O4S.